The number of aliphatic imine (C=N–C) groups is 1. The third-order valence-electron chi connectivity index (χ3n) is 8.54. The lowest BCUT2D eigenvalue weighted by molar-refractivity contribution is -0.115. The zero-order valence-electron chi connectivity index (χ0n) is 28.6. The van der Waals surface area contributed by atoms with Gasteiger partial charge in [-0.2, -0.15) is 0 Å². The zero-order valence-corrected chi connectivity index (χ0v) is 28.6. The van der Waals surface area contributed by atoms with Gasteiger partial charge in [0.05, 0.1) is 11.9 Å². The van der Waals surface area contributed by atoms with Crippen molar-refractivity contribution in [2.45, 2.75) is 85.9 Å². The number of rotatable bonds is 11. The number of allylic oxidation sites excluding steroid dienone is 3. The molecule has 1 aliphatic heterocycles. The highest BCUT2D eigenvalue weighted by Crippen LogP contribution is 2.44. The second kappa shape index (κ2) is 17.0. The molecule has 2 radical (unpaired) electrons. The molecular formula is C38H52N6O3. The van der Waals surface area contributed by atoms with Crippen molar-refractivity contribution >= 4 is 34.7 Å². The van der Waals surface area contributed by atoms with Crippen LogP contribution in [0.4, 0.5) is 11.6 Å². The van der Waals surface area contributed by atoms with E-state index in [1.54, 1.807) is 18.6 Å². The number of ketones is 1. The van der Waals surface area contributed by atoms with Gasteiger partial charge in [0, 0.05) is 79.5 Å². The van der Waals surface area contributed by atoms with Crippen molar-refractivity contribution in [3.8, 4) is 11.1 Å². The van der Waals surface area contributed by atoms with Gasteiger partial charge in [-0.25, -0.2) is 9.98 Å². The van der Waals surface area contributed by atoms with Crippen LogP contribution in [0.2, 0.25) is 0 Å². The van der Waals surface area contributed by atoms with Gasteiger partial charge in [-0.05, 0) is 49.8 Å². The lowest BCUT2D eigenvalue weighted by atomic mass is 9.82. The van der Waals surface area contributed by atoms with Gasteiger partial charge in [-0.15, -0.1) is 0 Å². The highest BCUT2D eigenvalue weighted by molar-refractivity contribution is 6.01. The molecule has 47 heavy (non-hydrogen) atoms. The van der Waals surface area contributed by atoms with Gasteiger partial charge in [0.1, 0.15) is 0 Å². The Labute approximate surface area is 281 Å². The molecule has 0 amide bonds. The average molecular weight is 641 g/mol. The SMILES string of the molecule is CC.CC.[CH2]CCN(CC[CH2])c1cc(=O)c2ncc(-c3cncc(NC4N=CC5=C(N4)C(C4CCCC4)C(C(=O)CC)=C5)c3)cc2o1.[HH]. The van der Waals surface area contributed by atoms with E-state index in [0.717, 1.165) is 46.5 Å². The smallest absolute Gasteiger partial charge is 0.213 e. The molecule has 3 aromatic rings. The number of nitrogens with zero attached hydrogens (tertiary/aromatic N) is 4. The molecule has 6 rings (SSSR count). The molecule has 2 atom stereocenters. The summed E-state index contributed by atoms with van der Waals surface area (Å²) in [6.07, 6.45) is 15.3. The van der Waals surface area contributed by atoms with Crippen LogP contribution in [0, 0.1) is 25.7 Å². The summed E-state index contributed by atoms with van der Waals surface area (Å²) in [5, 5.41) is 7.03. The molecule has 4 heterocycles. The fourth-order valence-corrected chi connectivity index (χ4v) is 6.49. The van der Waals surface area contributed by atoms with E-state index in [1.165, 1.54) is 18.9 Å². The van der Waals surface area contributed by atoms with Gasteiger partial charge in [0.2, 0.25) is 5.43 Å². The summed E-state index contributed by atoms with van der Waals surface area (Å²) in [6.45, 7) is 19.1. The van der Waals surface area contributed by atoms with Crippen molar-refractivity contribution in [1.82, 2.24) is 15.3 Å². The highest BCUT2D eigenvalue weighted by Gasteiger charge is 2.39. The van der Waals surface area contributed by atoms with Crippen LogP contribution in [-0.4, -0.2) is 41.3 Å². The topological polar surface area (TPSA) is 113 Å². The summed E-state index contributed by atoms with van der Waals surface area (Å²) in [7, 11) is 0. The molecule has 1 saturated carbocycles. The summed E-state index contributed by atoms with van der Waals surface area (Å²) in [6, 6.07) is 5.30. The second-order valence-electron chi connectivity index (χ2n) is 11.4. The fourth-order valence-electron chi connectivity index (χ4n) is 6.49. The number of nitrogens with one attached hydrogen (secondary N) is 2. The summed E-state index contributed by atoms with van der Waals surface area (Å²) >= 11 is 0. The number of pyridine rings is 2. The predicted octanol–water partition coefficient (Wildman–Crippen LogP) is 8.15. The molecule has 2 aliphatic carbocycles. The molecule has 2 N–H and O–H groups in total. The van der Waals surface area contributed by atoms with Crippen LogP contribution in [0.3, 0.4) is 0 Å². The third kappa shape index (κ3) is 8.00. The standard InChI is InChI=1S/C34H38N6O3.2C2H6.H2/c1-4-11-40(12-5-2)30-16-28(42)33-29(43-30)15-23(18-36-33)22-13-25(20-35-17-22)38-34-37-19-24-14-26(27(41)6-3)31(32(24)39-34)21-9-7-8-10-21;2*1-2;/h13-21,31,34,38-39H,1-2,4-12H2,3H3;2*1-2H3;1H. The van der Waals surface area contributed by atoms with Gasteiger partial charge in [-0.3, -0.25) is 14.6 Å². The number of hydrogen-bond acceptors (Lipinski definition) is 9. The van der Waals surface area contributed by atoms with Crippen LogP contribution < -0.4 is 21.0 Å². The summed E-state index contributed by atoms with van der Waals surface area (Å²) < 4.78 is 6.16. The number of fused-ring (bicyclic) bond motifs is 1. The van der Waals surface area contributed by atoms with E-state index >= 15 is 0 Å². The van der Waals surface area contributed by atoms with Gasteiger partial charge < -0.3 is 20.0 Å². The highest BCUT2D eigenvalue weighted by atomic mass is 16.4. The van der Waals surface area contributed by atoms with Gasteiger partial charge >= 0.3 is 0 Å². The Kier molecular flexibility index (Phi) is 12.9. The van der Waals surface area contributed by atoms with Crippen LogP contribution >= 0.6 is 0 Å². The van der Waals surface area contributed by atoms with Crippen molar-refractivity contribution in [1.29, 1.82) is 0 Å². The molecule has 9 heteroatoms. The maximum Gasteiger partial charge on any atom is 0.213 e. The van der Waals surface area contributed by atoms with E-state index in [2.05, 4.69) is 34.4 Å². The van der Waals surface area contributed by atoms with Crippen molar-refractivity contribution in [2.24, 2.45) is 16.8 Å². The number of carbonyl (C=O) groups is 1. The van der Waals surface area contributed by atoms with Gasteiger partial charge in [-0.1, -0.05) is 61.3 Å². The van der Waals surface area contributed by atoms with Crippen LogP contribution in [-0.2, 0) is 4.79 Å². The molecule has 0 aromatic carbocycles. The Morgan fingerprint density at radius 2 is 1.74 bits per heavy atom. The minimum absolute atomic E-state index is 0. The molecule has 0 spiro atoms. The Morgan fingerprint density at radius 1 is 1.04 bits per heavy atom. The first-order valence-corrected chi connectivity index (χ1v) is 17.3. The Hall–Kier alpha value is -4.27. The summed E-state index contributed by atoms with van der Waals surface area (Å²) in [5.41, 5.74) is 5.90. The molecule has 3 aromatic heterocycles. The first kappa shape index (κ1) is 35.6. The Morgan fingerprint density at radius 3 is 2.43 bits per heavy atom. The largest absolute Gasteiger partial charge is 0.439 e. The van der Waals surface area contributed by atoms with Crippen LogP contribution in [0.1, 0.15) is 81.0 Å². The number of anilines is 2. The lowest BCUT2D eigenvalue weighted by Crippen LogP contribution is -2.40. The molecule has 2 unspecified atom stereocenters. The first-order valence-electron chi connectivity index (χ1n) is 17.3. The molecule has 9 nitrogen and oxygen atoms in total. The molecule has 252 valence electrons. The number of hydrogen-bond donors (Lipinski definition) is 2. The Balaban J connectivity index is 0.00000121. The monoisotopic (exact) mass is 640 g/mol. The fraction of sp³-hybridized carbons (Fsp3) is 0.447. The quantitative estimate of drug-likeness (QED) is 0.216. The third-order valence-corrected chi connectivity index (χ3v) is 8.54. The van der Waals surface area contributed by atoms with E-state index in [0.29, 0.717) is 49.7 Å². The van der Waals surface area contributed by atoms with Crippen molar-refractivity contribution < 1.29 is 10.6 Å². The second-order valence-corrected chi connectivity index (χ2v) is 11.4. The van der Waals surface area contributed by atoms with Gasteiger partial charge in [0.15, 0.2) is 29.1 Å². The van der Waals surface area contributed by atoms with E-state index in [9.17, 15) is 9.59 Å². The van der Waals surface area contributed by atoms with Crippen molar-refractivity contribution in [3.63, 3.8) is 0 Å². The average Bonchev–Trinajstić information content (AvgIpc) is 3.77. The number of aromatic nitrogens is 2. The maximum absolute atomic E-state index is 12.9. The van der Waals surface area contributed by atoms with E-state index in [1.807, 2.05) is 63.9 Å². The van der Waals surface area contributed by atoms with Crippen LogP contribution in [0.25, 0.3) is 22.2 Å². The number of carbonyl (C=O) groups excluding carboxylic acids is 1. The molecule has 1 fully saturated rings. The predicted molar refractivity (Wildman–Crippen MR) is 195 cm³/mol. The Bertz CT molecular complexity index is 1670. The normalized spacial score (nSPS) is 18.4. The molecular weight excluding hydrogens is 588 g/mol. The summed E-state index contributed by atoms with van der Waals surface area (Å²) in [5.74, 6) is 1.29. The van der Waals surface area contributed by atoms with Crippen LogP contribution in [0.15, 0.2) is 73.9 Å². The minimum atomic E-state index is -0.397. The van der Waals surface area contributed by atoms with E-state index in [4.69, 9.17) is 9.41 Å². The molecule has 3 aliphatic rings. The maximum atomic E-state index is 12.9. The van der Waals surface area contributed by atoms with E-state index in [-0.39, 0.29) is 24.1 Å². The summed E-state index contributed by atoms with van der Waals surface area (Å²) in [4.78, 5) is 41.3. The van der Waals surface area contributed by atoms with E-state index < -0.39 is 6.29 Å². The zero-order chi connectivity index (χ0) is 33.9. The lowest BCUT2D eigenvalue weighted by Gasteiger charge is -2.30. The van der Waals surface area contributed by atoms with Gasteiger partial charge in [0.25, 0.3) is 0 Å². The van der Waals surface area contributed by atoms with Crippen molar-refractivity contribution in [3.05, 3.63) is 83.8 Å². The molecule has 0 saturated heterocycles. The number of Topliss-reactive ketones (excluding diaryl/α,β-unsaturated/α-hetero) is 1. The minimum Gasteiger partial charge on any atom is -0.439 e. The molecule has 0 bridgehead atoms. The first-order chi connectivity index (χ1) is 23.0. The van der Waals surface area contributed by atoms with Crippen molar-refractivity contribution in [2.75, 3.05) is 23.3 Å². The van der Waals surface area contributed by atoms with Crippen LogP contribution in [0.5, 0.6) is 0 Å².